The molecule has 31 heavy (non-hydrogen) atoms. The quantitative estimate of drug-likeness (QED) is 0.299. The molecule has 6 nitrogen and oxygen atoms in total. The zero-order valence-electron chi connectivity index (χ0n) is 15.1. The van der Waals surface area contributed by atoms with Crippen LogP contribution in [0.2, 0.25) is 10.0 Å². The lowest BCUT2D eigenvalue weighted by Crippen LogP contribution is -2.44. The molecule has 0 radical (unpaired) electrons. The zero-order valence-corrected chi connectivity index (χ0v) is 16.6. The van der Waals surface area contributed by atoms with Crippen LogP contribution in [0.4, 0.5) is 37.7 Å². The lowest BCUT2D eigenvalue weighted by molar-refractivity contribution is -0.385. The molecule has 0 bridgehead atoms. The average Bonchev–Trinajstić information content (AvgIpc) is 2.67. The highest BCUT2D eigenvalue weighted by Crippen LogP contribution is 2.49. The van der Waals surface area contributed by atoms with E-state index in [0.29, 0.717) is 0 Å². The van der Waals surface area contributed by atoms with Gasteiger partial charge in [0.25, 0.3) is 18.0 Å². The minimum atomic E-state index is -5.99. The number of carbonyl (C=O) groups excluding carboxylic acids is 1. The molecular weight excluding hydrogens is 481 g/mol. The Bertz CT molecular complexity index is 1010. The highest BCUT2D eigenvalue weighted by Gasteiger charge is 2.64. The summed E-state index contributed by atoms with van der Waals surface area (Å²) in [6, 6.07) is 3.82. The summed E-state index contributed by atoms with van der Waals surface area (Å²) in [7, 11) is 1.05. The summed E-state index contributed by atoms with van der Waals surface area (Å²) in [5, 5.41) is 11.6. The number of methoxy groups -OCH3 is 1. The molecule has 2 rings (SSSR count). The lowest BCUT2D eigenvalue weighted by atomic mass is 9.95. The fourth-order valence-corrected chi connectivity index (χ4v) is 3.14. The fourth-order valence-electron chi connectivity index (χ4n) is 2.56. The van der Waals surface area contributed by atoms with Crippen LogP contribution >= 0.6 is 23.2 Å². The van der Waals surface area contributed by atoms with E-state index in [-0.39, 0.29) is 17.7 Å². The van der Waals surface area contributed by atoms with Crippen molar-refractivity contribution in [2.75, 3.05) is 12.4 Å². The van der Waals surface area contributed by atoms with Gasteiger partial charge in [-0.15, -0.1) is 0 Å². The molecule has 0 aliphatic heterocycles. The third-order valence-corrected chi connectivity index (χ3v) is 4.65. The Labute approximate surface area is 179 Å². The van der Waals surface area contributed by atoms with E-state index in [1.54, 1.807) is 0 Å². The Morgan fingerprint density at radius 3 is 2.13 bits per heavy atom. The summed E-state index contributed by atoms with van der Waals surface area (Å²) < 4.78 is 83.8. The van der Waals surface area contributed by atoms with Gasteiger partial charge < -0.3 is 10.1 Å². The highest BCUT2D eigenvalue weighted by atomic mass is 35.5. The van der Waals surface area contributed by atoms with Gasteiger partial charge in [-0.25, -0.2) is 13.2 Å². The largest absolute Gasteiger partial charge is 0.490 e. The molecule has 0 saturated carbocycles. The number of ether oxygens (including phenoxy) is 1. The average molecular weight is 491 g/mol. The van der Waals surface area contributed by atoms with Crippen LogP contribution in [0, 0.1) is 10.1 Å². The molecular formula is C17H10Cl2F6N2O4. The predicted molar refractivity (Wildman–Crippen MR) is 98.9 cm³/mol. The maximum atomic E-state index is 14.2. The van der Waals surface area contributed by atoms with Crippen molar-refractivity contribution in [3.05, 3.63) is 61.6 Å². The number of nitrogens with one attached hydrogen (secondary N) is 1. The number of nitro benzene ring substituents is 1. The summed E-state index contributed by atoms with van der Waals surface area (Å²) in [5.41, 5.74) is -8.10. The molecule has 0 spiro atoms. The molecule has 1 atom stereocenters. The number of hydrogen-bond donors (Lipinski definition) is 1. The Hall–Kier alpha value is -2.73. The first kappa shape index (κ1) is 24.5. The number of nitrogens with zero attached hydrogens (tertiary/aromatic N) is 1. The zero-order chi connectivity index (χ0) is 23.7. The Kier molecular flexibility index (Phi) is 6.96. The van der Waals surface area contributed by atoms with Gasteiger partial charge in [-0.1, -0.05) is 29.3 Å². The van der Waals surface area contributed by atoms with Crippen LogP contribution in [-0.2, 0) is 5.67 Å². The van der Waals surface area contributed by atoms with Crippen LogP contribution < -0.4 is 10.1 Å². The van der Waals surface area contributed by atoms with Crippen molar-refractivity contribution in [2.45, 2.75) is 18.3 Å². The molecule has 2 aromatic carbocycles. The van der Waals surface area contributed by atoms with Crippen molar-refractivity contribution in [1.82, 2.24) is 0 Å². The van der Waals surface area contributed by atoms with E-state index in [2.05, 4.69) is 5.32 Å². The third-order valence-electron chi connectivity index (χ3n) is 4.05. The van der Waals surface area contributed by atoms with Crippen LogP contribution in [0.25, 0.3) is 0 Å². The number of nitro groups is 1. The normalized spacial score (nSPS) is 13.6. The SMILES string of the molecule is COc1c(C(=O)Nc2c(Cl)cc(C(F)(C(F)F)C(F)(F)F)cc2Cl)cccc1[N+](=O)[O-]. The van der Waals surface area contributed by atoms with Crippen molar-refractivity contribution in [1.29, 1.82) is 0 Å². The van der Waals surface area contributed by atoms with Gasteiger partial charge in [0.2, 0.25) is 5.75 Å². The second-order valence-electron chi connectivity index (χ2n) is 5.89. The monoisotopic (exact) mass is 490 g/mol. The molecule has 2 aromatic rings. The van der Waals surface area contributed by atoms with E-state index in [9.17, 15) is 41.3 Å². The van der Waals surface area contributed by atoms with Gasteiger partial charge in [-0.2, -0.15) is 13.2 Å². The van der Waals surface area contributed by atoms with Crippen molar-refractivity contribution in [3.63, 3.8) is 0 Å². The topological polar surface area (TPSA) is 81.5 Å². The fraction of sp³-hybridized carbons (Fsp3) is 0.235. The van der Waals surface area contributed by atoms with E-state index in [1.807, 2.05) is 0 Å². The van der Waals surface area contributed by atoms with E-state index in [4.69, 9.17) is 27.9 Å². The first-order valence-corrected chi connectivity index (χ1v) is 8.67. The standard InChI is InChI=1S/C17H10Cl2F6N2O4/c1-31-13-8(3-2-4-11(13)27(29)30)14(28)26-12-9(18)5-7(6-10(12)19)16(22,15(20)21)17(23,24)25/h2-6,15H,1H3,(H,26,28). The summed E-state index contributed by atoms with van der Waals surface area (Å²) in [6.07, 6.45) is -10.5. The first-order valence-electron chi connectivity index (χ1n) is 7.91. The number of benzene rings is 2. The van der Waals surface area contributed by atoms with Crippen LogP contribution in [0.1, 0.15) is 15.9 Å². The molecule has 1 unspecified atom stereocenters. The number of carbonyl (C=O) groups is 1. The molecule has 1 amide bonds. The molecule has 1 N–H and O–H groups in total. The van der Waals surface area contributed by atoms with Crippen LogP contribution in [0.5, 0.6) is 5.75 Å². The number of anilines is 1. The Morgan fingerprint density at radius 2 is 1.71 bits per heavy atom. The molecule has 0 aliphatic carbocycles. The minimum absolute atomic E-state index is 0.243. The van der Waals surface area contributed by atoms with Crippen molar-refractivity contribution in [2.24, 2.45) is 0 Å². The van der Waals surface area contributed by atoms with Crippen molar-refractivity contribution >= 4 is 40.5 Å². The van der Waals surface area contributed by atoms with Gasteiger partial charge in [0, 0.05) is 11.6 Å². The van der Waals surface area contributed by atoms with Gasteiger partial charge in [-0.05, 0) is 18.2 Å². The molecule has 14 heteroatoms. The molecule has 0 aromatic heterocycles. The van der Waals surface area contributed by atoms with E-state index in [1.165, 1.54) is 0 Å². The van der Waals surface area contributed by atoms with Crippen molar-refractivity contribution < 1.29 is 40.8 Å². The van der Waals surface area contributed by atoms with Crippen LogP contribution in [0.15, 0.2) is 30.3 Å². The first-order chi connectivity index (χ1) is 14.3. The number of rotatable bonds is 6. The van der Waals surface area contributed by atoms with Gasteiger partial charge in [-0.3, -0.25) is 14.9 Å². The lowest BCUT2D eigenvalue weighted by Gasteiger charge is -2.28. The van der Waals surface area contributed by atoms with Gasteiger partial charge in [0.15, 0.2) is 0 Å². The maximum absolute atomic E-state index is 14.2. The van der Waals surface area contributed by atoms with Crippen LogP contribution in [-0.4, -0.2) is 30.5 Å². The summed E-state index contributed by atoms with van der Waals surface area (Å²) in [5.74, 6) is -1.51. The smallest absolute Gasteiger partial charge is 0.432 e. The molecule has 0 saturated heterocycles. The van der Waals surface area contributed by atoms with Crippen LogP contribution in [0.3, 0.4) is 0 Å². The van der Waals surface area contributed by atoms with Crippen molar-refractivity contribution in [3.8, 4) is 5.75 Å². The van der Waals surface area contributed by atoms with E-state index >= 15 is 0 Å². The third kappa shape index (κ3) is 4.49. The summed E-state index contributed by atoms with van der Waals surface area (Å²) in [4.78, 5) is 22.7. The highest BCUT2D eigenvalue weighted by molar-refractivity contribution is 6.40. The van der Waals surface area contributed by atoms with Gasteiger partial charge >= 0.3 is 11.9 Å². The number of halogens is 8. The second kappa shape index (κ2) is 8.79. The molecule has 168 valence electrons. The van der Waals surface area contributed by atoms with Gasteiger partial charge in [0.05, 0.1) is 33.3 Å². The summed E-state index contributed by atoms with van der Waals surface area (Å²) in [6.45, 7) is 0. The van der Waals surface area contributed by atoms with E-state index < -0.39 is 61.8 Å². The molecule has 0 aliphatic rings. The minimum Gasteiger partial charge on any atom is -0.490 e. The summed E-state index contributed by atoms with van der Waals surface area (Å²) >= 11 is 11.5. The number of para-hydroxylation sites is 1. The Balaban J connectivity index is 2.51. The van der Waals surface area contributed by atoms with E-state index in [0.717, 1.165) is 25.3 Å². The second-order valence-corrected chi connectivity index (χ2v) is 6.71. The number of hydrogen-bond acceptors (Lipinski definition) is 4. The molecule has 0 fully saturated rings. The molecule has 0 heterocycles. The Morgan fingerprint density at radius 1 is 1.16 bits per heavy atom. The van der Waals surface area contributed by atoms with Gasteiger partial charge in [0.1, 0.15) is 0 Å². The predicted octanol–water partition coefficient (Wildman–Crippen LogP) is 6.15. The number of amides is 1. The number of alkyl halides is 6. The maximum Gasteiger partial charge on any atom is 0.432 e.